The summed E-state index contributed by atoms with van der Waals surface area (Å²) in [6.45, 7) is 7.21. The molecule has 0 unspecified atom stereocenters. The van der Waals surface area contributed by atoms with Gasteiger partial charge in [-0.3, -0.25) is 14.9 Å². The lowest BCUT2D eigenvalue weighted by molar-refractivity contribution is 0.0493. The summed E-state index contributed by atoms with van der Waals surface area (Å²) in [7, 11) is 0. The second kappa shape index (κ2) is 6.28. The Bertz CT molecular complexity index is 648. The Kier molecular flexibility index (Phi) is 4.58. The molecule has 7 heteroatoms. The molecule has 2 rings (SSSR count). The van der Waals surface area contributed by atoms with Crippen LogP contribution in [0.4, 0.5) is 4.79 Å². The lowest BCUT2D eigenvalue weighted by atomic mass is 10.1. The first-order valence-corrected chi connectivity index (χ1v) is 7.28. The first-order chi connectivity index (χ1) is 10.7. The van der Waals surface area contributed by atoms with Gasteiger partial charge in [0.25, 0.3) is 11.8 Å². The number of hydrogen-bond donors (Lipinski definition) is 2. The molecule has 0 aromatic heterocycles. The first kappa shape index (κ1) is 16.8. The van der Waals surface area contributed by atoms with Crippen LogP contribution < -0.4 is 15.4 Å². The summed E-state index contributed by atoms with van der Waals surface area (Å²) in [6, 6.07) is 4.47. The number of nitrogens with one attached hydrogen (secondary N) is 2. The predicted molar refractivity (Wildman–Crippen MR) is 82.6 cm³/mol. The normalized spacial score (nSPS) is 14.8. The monoisotopic (exact) mass is 320 g/mol. The first-order valence-electron chi connectivity index (χ1n) is 7.28. The van der Waals surface area contributed by atoms with Crippen LogP contribution in [0.25, 0.3) is 0 Å². The molecule has 0 radical (unpaired) electrons. The summed E-state index contributed by atoms with van der Waals surface area (Å²) in [5, 5.41) is 4.86. The molecule has 0 fully saturated rings. The van der Waals surface area contributed by atoms with Gasteiger partial charge < -0.3 is 14.8 Å². The zero-order valence-electron chi connectivity index (χ0n) is 13.6. The molecule has 3 amide bonds. The number of amides is 3. The number of imide groups is 1. The van der Waals surface area contributed by atoms with Gasteiger partial charge in [0.1, 0.15) is 18.0 Å². The Morgan fingerprint density at radius 3 is 2.61 bits per heavy atom. The maximum Gasteiger partial charge on any atom is 0.407 e. The van der Waals surface area contributed by atoms with E-state index in [-0.39, 0.29) is 18.2 Å². The number of alkyl carbamates (subject to hydrolysis) is 1. The minimum Gasteiger partial charge on any atom is -0.491 e. The Hall–Kier alpha value is -2.57. The van der Waals surface area contributed by atoms with Crippen LogP contribution in [0.15, 0.2) is 18.2 Å². The molecule has 0 bridgehead atoms. The minimum atomic E-state index is -0.580. The van der Waals surface area contributed by atoms with Crippen LogP contribution in [0.3, 0.4) is 0 Å². The number of benzene rings is 1. The van der Waals surface area contributed by atoms with Gasteiger partial charge in [-0.25, -0.2) is 4.79 Å². The smallest absolute Gasteiger partial charge is 0.407 e. The number of carbonyl (C=O) groups is 3. The van der Waals surface area contributed by atoms with Crippen molar-refractivity contribution in [2.24, 2.45) is 0 Å². The van der Waals surface area contributed by atoms with Gasteiger partial charge in [0.05, 0.1) is 17.2 Å². The van der Waals surface area contributed by atoms with Crippen molar-refractivity contribution in [3.63, 3.8) is 0 Å². The molecule has 7 nitrogen and oxygen atoms in total. The van der Waals surface area contributed by atoms with Crippen molar-refractivity contribution in [1.82, 2.24) is 10.6 Å². The molecule has 0 saturated carbocycles. The van der Waals surface area contributed by atoms with Crippen LogP contribution in [0.1, 0.15) is 48.4 Å². The number of rotatable bonds is 4. The van der Waals surface area contributed by atoms with Gasteiger partial charge in [-0.2, -0.15) is 0 Å². The highest BCUT2D eigenvalue weighted by Crippen LogP contribution is 2.26. The van der Waals surface area contributed by atoms with Crippen molar-refractivity contribution in [3.05, 3.63) is 29.3 Å². The fourth-order valence-corrected chi connectivity index (χ4v) is 2.07. The number of carbonyl (C=O) groups excluding carboxylic acids is 3. The highest BCUT2D eigenvalue weighted by atomic mass is 16.6. The van der Waals surface area contributed by atoms with E-state index >= 15 is 0 Å². The van der Waals surface area contributed by atoms with Gasteiger partial charge in [-0.15, -0.1) is 0 Å². The summed E-state index contributed by atoms with van der Waals surface area (Å²) in [4.78, 5) is 35.0. The van der Waals surface area contributed by atoms with E-state index in [4.69, 9.17) is 9.47 Å². The Balaban J connectivity index is 1.96. The Labute approximate surface area is 134 Å². The van der Waals surface area contributed by atoms with E-state index in [9.17, 15) is 14.4 Å². The van der Waals surface area contributed by atoms with Gasteiger partial charge in [-0.05, 0) is 39.8 Å². The largest absolute Gasteiger partial charge is 0.491 e. The number of ether oxygens (including phenoxy) is 2. The molecule has 23 heavy (non-hydrogen) atoms. The standard InChI is InChI=1S/C16H20N2O5/c1-9(17-15(21)23-16(2,3)4)8-22-11-7-5-6-10-12(11)14(20)18-13(10)19/h5-7,9H,8H2,1-4H3,(H,17,21)(H,18,19,20)/t9-/m0/s1. The van der Waals surface area contributed by atoms with Gasteiger partial charge in [0.15, 0.2) is 0 Å². The van der Waals surface area contributed by atoms with Crippen molar-refractivity contribution in [1.29, 1.82) is 0 Å². The van der Waals surface area contributed by atoms with E-state index in [1.807, 2.05) is 0 Å². The number of fused-ring (bicyclic) bond motifs is 1. The lowest BCUT2D eigenvalue weighted by Crippen LogP contribution is -2.40. The number of hydrogen-bond acceptors (Lipinski definition) is 5. The summed E-state index contributed by atoms with van der Waals surface area (Å²) in [6.07, 6.45) is -0.542. The van der Waals surface area contributed by atoms with E-state index in [1.54, 1.807) is 45.9 Å². The van der Waals surface area contributed by atoms with Crippen molar-refractivity contribution in [2.45, 2.75) is 39.3 Å². The van der Waals surface area contributed by atoms with E-state index < -0.39 is 23.5 Å². The summed E-state index contributed by atoms with van der Waals surface area (Å²) >= 11 is 0. The molecule has 2 N–H and O–H groups in total. The molecule has 1 heterocycles. The van der Waals surface area contributed by atoms with Crippen molar-refractivity contribution in [3.8, 4) is 5.75 Å². The van der Waals surface area contributed by atoms with E-state index in [2.05, 4.69) is 10.6 Å². The van der Waals surface area contributed by atoms with E-state index in [1.165, 1.54) is 0 Å². The van der Waals surface area contributed by atoms with E-state index in [0.29, 0.717) is 11.3 Å². The van der Waals surface area contributed by atoms with Crippen molar-refractivity contribution in [2.75, 3.05) is 6.61 Å². The SMILES string of the molecule is C[C@@H](COc1cccc2c1C(=O)NC2=O)NC(=O)OC(C)(C)C. The summed E-state index contributed by atoms with van der Waals surface area (Å²) in [5.74, 6) is -0.604. The molecule has 0 spiro atoms. The molecule has 124 valence electrons. The Morgan fingerprint density at radius 1 is 1.26 bits per heavy atom. The molecule has 1 aromatic rings. The van der Waals surface area contributed by atoms with Gasteiger partial charge in [-0.1, -0.05) is 6.07 Å². The van der Waals surface area contributed by atoms with Gasteiger partial charge in [0.2, 0.25) is 0 Å². The molecule has 1 aliphatic heterocycles. The average molecular weight is 320 g/mol. The lowest BCUT2D eigenvalue weighted by Gasteiger charge is -2.22. The Morgan fingerprint density at radius 2 is 1.96 bits per heavy atom. The zero-order valence-corrected chi connectivity index (χ0v) is 13.6. The van der Waals surface area contributed by atoms with Crippen LogP contribution in [-0.2, 0) is 4.74 Å². The zero-order chi connectivity index (χ0) is 17.2. The fourth-order valence-electron chi connectivity index (χ4n) is 2.07. The molecular formula is C16H20N2O5. The molecule has 1 aliphatic rings. The third-order valence-corrected chi connectivity index (χ3v) is 2.98. The second-order valence-corrected chi connectivity index (χ2v) is 6.32. The molecule has 0 aliphatic carbocycles. The van der Waals surface area contributed by atoms with Crippen molar-refractivity contribution < 1.29 is 23.9 Å². The van der Waals surface area contributed by atoms with Crippen molar-refractivity contribution >= 4 is 17.9 Å². The summed E-state index contributed by atoms with van der Waals surface area (Å²) in [5.41, 5.74) is -0.0640. The van der Waals surface area contributed by atoms with Crippen LogP contribution >= 0.6 is 0 Å². The van der Waals surface area contributed by atoms with E-state index in [0.717, 1.165) is 0 Å². The van der Waals surface area contributed by atoms with Crippen LogP contribution in [0.5, 0.6) is 5.75 Å². The highest BCUT2D eigenvalue weighted by molar-refractivity contribution is 6.22. The fraction of sp³-hybridized carbons (Fsp3) is 0.438. The average Bonchev–Trinajstić information content (AvgIpc) is 2.70. The summed E-state index contributed by atoms with van der Waals surface area (Å²) < 4.78 is 10.7. The maximum atomic E-state index is 11.8. The topological polar surface area (TPSA) is 93.7 Å². The van der Waals surface area contributed by atoms with Crippen LogP contribution in [0, 0.1) is 0 Å². The predicted octanol–water partition coefficient (Wildman–Crippen LogP) is 1.86. The second-order valence-electron chi connectivity index (χ2n) is 6.32. The third kappa shape index (κ3) is 4.21. The molecular weight excluding hydrogens is 300 g/mol. The molecule has 1 atom stereocenters. The maximum absolute atomic E-state index is 11.8. The quantitative estimate of drug-likeness (QED) is 0.826. The van der Waals surface area contributed by atoms with Crippen LogP contribution in [-0.4, -0.2) is 36.2 Å². The third-order valence-electron chi connectivity index (χ3n) is 2.98. The minimum absolute atomic E-state index is 0.136. The highest BCUT2D eigenvalue weighted by Gasteiger charge is 2.30. The van der Waals surface area contributed by atoms with Gasteiger partial charge >= 0.3 is 6.09 Å². The van der Waals surface area contributed by atoms with Crippen LogP contribution in [0.2, 0.25) is 0 Å². The van der Waals surface area contributed by atoms with Gasteiger partial charge in [0, 0.05) is 0 Å². The molecule has 0 saturated heterocycles. The molecule has 1 aromatic carbocycles.